The van der Waals surface area contributed by atoms with E-state index in [1.807, 2.05) is 30.3 Å². The lowest BCUT2D eigenvalue weighted by Crippen LogP contribution is -2.48. The van der Waals surface area contributed by atoms with E-state index in [1.165, 1.54) is 0 Å². The van der Waals surface area contributed by atoms with Gasteiger partial charge < -0.3 is 24.3 Å². The standard InChI is InChI=1S/C24H35NO7/c1-15(2)21(26)31-20-16(3)30-22(27)19(25-23(28)32-24(4,5)6)14-29-13-18(20)12-17-10-8-7-9-11-17/h7-11,15-16,18-20H,12-14H2,1-6H3,(H,25,28). The van der Waals surface area contributed by atoms with E-state index in [9.17, 15) is 14.4 Å². The van der Waals surface area contributed by atoms with E-state index in [-0.39, 0.29) is 31.0 Å². The Morgan fingerprint density at radius 1 is 1.16 bits per heavy atom. The molecule has 1 fully saturated rings. The van der Waals surface area contributed by atoms with Crippen molar-refractivity contribution in [3.63, 3.8) is 0 Å². The van der Waals surface area contributed by atoms with Crippen LogP contribution in [0.5, 0.6) is 0 Å². The summed E-state index contributed by atoms with van der Waals surface area (Å²) >= 11 is 0. The van der Waals surface area contributed by atoms with Gasteiger partial charge in [-0.2, -0.15) is 0 Å². The molecule has 178 valence electrons. The number of amides is 1. The van der Waals surface area contributed by atoms with Crippen molar-refractivity contribution >= 4 is 18.0 Å². The molecule has 0 saturated carbocycles. The zero-order chi connectivity index (χ0) is 23.9. The summed E-state index contributed by atoms with van der Waals surface area (Å²) in [5.41, 5.74) is 0.338. The quantitative estimate of drug-likeness (QED) is 0.544. The maximum absolute atomic E-state index is 12.7. The average molecular weight is 450 g/mol. The summed E-state index contributed by atoms with van der Waals surface area (Å²) in [6.07, 6.45) is -1.60. The van der Waals surface area contributed by atoms with Gasteiger partial charge >= 0.3 is 18.0 Å². The molecular formula is C24H35NO7. The van der Waals surface area contributed by atoms with E-state index in [0.717, 1.165) is 5.56 Å². The number of cyclic esters (lactones) is 1. The molecule has 0 radical (unpaired) electrons. The molecule has 8 heteroatoms. The van der Waals surface area contributed by atoms with Gasteiger partial charge in [0.05, 0.1) is 19.1 Å². The molecule has 1 aliphatic heterocycles. The molecule has 1 aliphatic rings. The van der Waals surface area contributed by atoms with Crippen molar-refractivity contribution in [2.75, 3.05) is 13.2 Å². The molecule has 1 saturated heterocycles. The van der Waals surface area contributed by atoms with Gasteiger partial charge in [0.2, 0.25) is 0 Å². The molecule has 1 aromatic carbocycles. The number of hydrogen-bond acceptors (Lipinski definition) is 7. The molecular weight excluding hydrogens is 414 g/mol. The van der Waals surface area contributed by atoms with Crippen molar-refractivity contribution in [3.05, 3.63) is 35.9 Å². The fourth-order valence-corrected chi connectivity index (χ4v) is 3.32. The predicted molar refractivity (Wildman–Crippen MR) is 118 cm³/mol. The summed E-state index contributed by atoms with van der Waals surface area (Å²) in [6.45, 7) is 10.5. The monoisotopic (exact) mass is 449 g/mol. The molecule has 0 bridgehead atoms. The minimum atomic E-state index is -1.04. The largest absolute Gasteiger partial charge is 0.458 e. The van der Waals surface area contributed by atoms with Crippen LogP contribution in [0.4, 0.5) is 4.79 Å². The third-order valence-electron chi connectivity index (χ3n) is 4.89. The summed E-state index contributed by atoms with van der Waals surface area (Å²) < 4.78 is 22.4. The number of rotatable bonds is 5. The molecule has 1 heterocycles. The summed E-state index contributed by atoms with van der Waals surface area (Å²) in [5, 5.41) is 2.51. The number of ether oxygens (including phenoxy) is 4. The highest BCUT2D eigenvalue weighted by Gasteiger charge is 2.38. The maximum atomic E-state index is 12.7. The average Bonchev–Trinajstić information content (AvgIpc) is 2.73. The van der Waals surface area contributed by atoms with Gasteiger partial charge in [-0.1, -0.05) is 44.2 Å². The summed E-state index contributed by atoms with van der Waals surface area (Å²) in [7, 11) is 0. The summed E-state index contributed by atoms with van der Waals surface area (Å²) in [6, 6.07) is 8.73. The lowest BCUT2D eigenvalue weighted by atomic mass is 9.91. The predicted octanol–water partition coefficient (Wildman–Crippen LogP) is 3.27. The molecule has 4 unspecified atom stereocenters. The Kier molecular flexibility index (Phi) is 9.07. The molecule has 2 rings (SSSR count). The Morgan fingerprint density at radius 3 is 2.41 bits per heavy atom. The first-order valence-corrected chi connectivity index (χ1v) is 11.0. The fraction of sp³-hybridized carbons (Fsp3) is 0.625. The molecule has 0 aliphatic carbocycles. The van der Waals surface area contributed by atoms with Crippen LogP contribution in [0, 0.1) is 11.8 Å². The molecule has 1 amide bonds. The van der Waals surface area contributed by atoms with Crippen LogP contribution < -0.4 is 5.32 Å². The SMILES string of the molecule is CC(C)C(=O)OC1C(Cc2ccccc2)COCC(NC(=O)OC(C)(C)C)C(=O)OC1C. The van der Waals surface area contributed by atoms with Gasteiger partial charge in [0.15, 0.2) is 6.04 Å². The molecule has 0 aromatic heterocycles. The second kappa shape index (κ2) is 11.3. The summed E-state index contributed by atoms with van der Waals surface area (Å²) in [5.74, 6) is -1.62. The summed E-state index contributed by atoms with van der Waals surface area (Å²) in [4.78, 5) is 37.3. The van der Waals surface area contributed by atoms with Gasteiger partial charge in [-0.15, -0.1) is 0 Å². The van der Waals surface area contributed by atoms with Crippen molar-refractivity contribution in [1.82, 2.24) is 5.32 Å². The minimum absolute atomic E-state index is 0.0824. The number of alkyl carbamates (subject to hydrolysis) is 1. The van der Waals surface area contributed by atoms with Gasteiger partial charge in [0.25, 0.3) is 0 Å². The van der Waals surface area contributed by atoms with Crippen LogP contribution >= 0.6 is 0 Å². The van der Waals surface area contributed by atoms with Crippen LogP contribution in [0.1, 0.15) is 47.1 Å². The van der Waals surface area contributed by atoms with Crippen LogP contribution in [0.2, 0.25) is 0 Å². The highest BCUT2D eigenvalue weighted by molar-refractivity contribution is 5.81. The van der Waals surface area contributed by atoms with Gasteiger partial charge in [0, 0.05) is 5.92 Å². The van der Waals surface area contributed by atoms with Crippen molar-refractivity contribution in [2.45, 2.75) is 71.8 Å². The Labute approximate surface area is 189 Å². The fourth-order valence-electron chi connectivity index (χ4n) is 3.32. The Balaban J connectivity index is 2.21. The number of hydrogen-bond donors (Lipinski definition) is 1. The highest BCUT2D eigenvalue weighted by atomic mass is 16.6. The number of esters is 2. The van der Waals surface area contributed by atoms with Crippen LogP contribution in [0.15, 0.2) is 30.3 Å². The first kappa shape index (κ1) is 25.6. The van der Waals surface area contributed by atoms with Crippen LogP contribution in [-0.2, 0) is 35.0 Å². The number of carbonyl (C=O) groups is 3. The van der Waals surface area contributed by atoms with Gasteiger partial charge in [-0.3, -0.25) is 4.79 Å². The van der Waals surface area contributed by atoms with E-state index in [4.69, 9.17) is 18.9 Å². The lowest BCUT2D eigenvalue weighted by Gasteiger charge is -2.31. The molecule has 1 aromatic rings. The number of nitrogens with one attached hydrogen (secondary N) is 1. The Bertz CT molecular complexity index is 772. The van der Waals surface area contributed by atoms with E-state index in [1.54, 1.807) is 41.5 Å². The number of benzene rings is 1. The van der Waals surface area contributed by atoms with Crippen molar-refractivity contribution in [3.8, 4) is 0 Å². The van der Waals surface area contributed by atoms with Gasteiger partial charge in [-0.25, -0.2) is 9.59 Å². The van der Waals surface area contributed by atoms with Crippen molar-refractivity contribution in [1.29, 1.82) is 0 Å². The third kappa shape index (κ3) is 8.15. The molecule has 8 nitrogen and oxygen atoms in total. The van der Waals surface area contributed by atoms with Crippen LogP contribution in [-0.4, -0.2) is 55.1 Å². The van der Waals surface area contributed by atoms with Crippen molar-refractivity contribution < 1.29 is 33.3 Å². The van der Waals surface area contributed by atoms with E-state index in [0.29, 0.717) is 6.42 Å². The second-order valence-corrected chi connectivity index (χ2v) is 9.38. The van der Waals surface area contributed by atoms with Crippen LogP contribution in [0.25, 0.3) is 0 Å². The van der Waals surface area contributed by atoms with Gasteiger partial charge in [-0.05, 0) is 39.7 Å². The Morgan fingerprint density at radius 2 is 1.81 bits per heavy atom. The topological polar surface area (TPSA) is 100 Å². The normalized spacial score (nSPS) is 24.5. The molecule has 1 N–H and O–H groups in total. The van der Waals surface area contributed by atoms with Crippen LogP contribution in [0.3, 0.4) is 0 Å². The maximum Gasteiger partial charge on any atom is 0.408 e. The van der Waals surface area contributed by atoms with Crippen molar-refractivity contribution in [2.24, 2.45) is 11.8 Å². The highest BCUT2D eigenvalue weighted by Crippen LogP contribution is 2.23. The number of carbonyl (C=O) groups excluding carboxylic acids is 3. The molecule has 0 spiro atoms. The molecule has 4 atom stereocenters. The Hall–Kier alpha value is -2.61. The molecule has 32 heavy (non-hydrogen) atoms. The van der Waals surface area contributed by atoms with E-state index in [2.05, 4.69) is 5.32 Å². The zero-order valence-corrected chi connectivity index (χ0v) is 19.8. The minimum Gasteiger partial charge on any atom is -0.458 e. The second-order valence-electron chi connectivity index (χ2n) is 9.38. The first-order chi connectivity index (χ1) is 15.0. The smallest absolute Gasteiger partial charge is 0.408 e. The van der Waals surface area contributed by atoms with E-state index >= 15 is 0 Å². The van der Waals surface area contributed by atoms with Gasteiger partial charge in [0.1, 0.15) is 17.8 Å². The lowest BCUT2D eigenvalue weighted by molar-refractivity contribution is -0.173. The first-order valence-electron chi connectivity index (χ1n) is 11.0. The van der Waals surface area contributed by atoms with E-state index < -0.39 is 35.9 Å². The zero-order valence-electron chi connectivity index (χ0n) is 19.8. The third-order valence-corrected chi connectivity index (χ3v) is 4.89.